The highest BCUT2D eigenvalue weighted by atomic mass is 16.5. The topological polar surface area (TPSA) is 67.9 Å². The average Bonchev–Trinajstić information content (AvgIpc) is 3.02. The van der Waals surface area contributed by atoms with E-state index in [0.717, 1.165) is 5.56 Å². The molecule has 1 atom stereocenters. The van der Waals surface area contributed by atoms with Gasteiger partial charge in [0.05, 0.1) is 19.9 Å². The molecule has 28 heavy (non-hydrogen) atoms. The summed E-state index contributed by atoms with van der Waals surface area (Å²) in [4.78, 5) is 27.7. The third kappa shape index (κ3) is 3.96. The zero-order chi connectivity index (χ0) is 20.3. The van der Waals surface area contributed by atoms with Crippen LogP contribution in [0.1, 0.15) is 36.2 Å². The van der Waals surface area contributed by atoms with E-state index < -0.39 is 6.04 Å². The lowest BCUT2D eigenvalue weighted by atomic mass is 10.0. The van der Waals surface area contributed by atoms with E-state index in [1.54, 1.807) is 30.2 Å². The quantitative estimate of drug-likeness (QED) is 0.793. The maximum Gasteiger partial charge on any atom is 0.255 e. The second-order valence-corrected chi connectivity index (χ2v) is 7.29. The number of hydrogen-bond acceptors (Lipinski definition) is 4. The van der Waals surface area contributed by atoms with Gasteiger partial charge in [-0.25, -0.2) is 0 Å². The van der Waals surface area contributed by atoms with Gasteiger partial charge in [-0.1, -0.05) is 32.0 Å². The van der Waals surface area contributed by atoms with E-state index in [9.17, 15) is 9.59 Å². The van der Waals surface area contributed by atoms with Crippen molar-refractivity contribution in [2.45, 2.75) is 32.9 Å². The molecule has 0 radical (unpaired) electrons. The minimum atomic E-state index is -0.563. The predicted octanol–water partition coefficient (Wildman–Crippen LogP) is 3.71. The molecule has 0 saturated heterocycles. The summed E-state index contributed by atoms with van der Waals surface area (Å²) in [5, 5.41) is 2.93. The number of nitrogens with one attached hydrogen (secondary N) is 1. The molecule has 6 nitrogen and oxygen atoms in total. The molecule has 1 aliphatic heterocycles. The largest absolute Gasteiger partial charge is 0.497 e. The number of methoxy groups -OCH3 is 2. The Morgan fingerprint density at radius 3 is 2.54 bits per heavy atom. The van der Waals surface area contributed by atoms with Gasteiger partial charge in [0.2, 0.25) is 5.91 Å². The molecular weight excluding hydrogens is 356 g/mol. The molecule has 1 unspecified atom stereocenters. The highest BCUT2D eigenvalue weighted by Gasteiger charge is 2.36. The van der Waals surface area contributed by atoms with Crippen LogP contribution in [-0.2, 0) is 11.3 Å². The molecule has 2 aromatic rings. The summed E-state index contributed by atoms with van der Waals surface area (Å²) in [5.74, 6) is 1.08. The monoisotopic (exact) mass is 382 g/mol. The van der Waals surface area contributed by atoms with E-state index >= 15 is 0 Å². The lowest BCUT2D eigenvalue weighted by molar-refractivity contribution is -0.121. The Hall–Kier alpha value is -3.02. The number of carbonyl (C=O) groups excluding carboxylic acids is 2. The van der Waals surface area contributed by atoms with Gasteiger partial charge in [-0.15, -0.1) is 0 Å². The first-order valence-electron chi connectivity index (χ1n) is 9.36. The summed E-state index contributed by atoms with van der Waals surface area (Å²) in [6, 6.07) is 12.2. The van der Waals surface area contributed by atoms with Crippen LogP contribution in [0.5, 0.6) is 11.5 Å². The number of carbonyl (C=O) groups is 2. The van der Waals surface area contributed by atoms with E-state index in [1.165, 1.54) is 7.11 Å². The number of amides is 2. The fourth-order valence-corrected chi connectivity index (χ4v) is 3.47. The highest BCUT2D eigenvalue weighted by molar-refractivity contribution is 6.04. The van der Waals surface area contributed by atoms with Gasteiger partial charge in [0.15, 0.2) is 0 Å². The van der Waals surface area contributed by atoms with Crippen LogP contribution in [0.25, 0.3) is 0 Å². The van der Waals surface area contributed by atoms with E-state index in [2.05, 4.69) is 5.32 Å². The fourth-order valence-electron chi connectivity index (χ4n) is 3.47. The van der Waals surface area contributed by atoms with Gasteiger partial charge in [-0.2, -0.15) is 0 Å². The number of rotatable bonds is 7. The second-order valence-electron chi connectivity index (χ2n) is 7.29. The number of nitrogens with zero attached hydrogens (tertiary/aromatic N) is 1. The number of ether oxygens (including phenoxy) is 2. The van der Waals surface area contributed by atoms with E-state index in [0.29, 0.717) is 35.7 Å². The molecule has 1 N–H and O–H groups in total. The second kappa shape index (κ2) is 8.33. The predicted molar refractivity (Wildman–Crippen MR) is 108 cm³/mol. The minimum Gasteiger partial charge on any atom is -0.497 e. The Morgan fingerprint density at radius 1 is 1.14 bits per heavy atom. The maximum absolute atomic E-state index is 13.2. The van der Waals surface area contributed by atoms with Gasteiger partial charge < -0.3 is 19.7 Å². The van der Waals surface area contributed by atoms with Crippen LogP contribution < -0.4 is 14.8 Å². The lowest BCUT2D eigenvalue weighted by Crippen LogP contribution is -2.45. The van der Waals surface area contributed by atoms with Crippen LogP contribution >= 0.6 is 0 Å². The van der Waals surface area contributed by atoms with Gasteiger partial charge >= 0.3 is 0 Å². The molecule has 0 bridgehead atoms. The van der Waals surface area contributed by atoms with E-state index in [4.69, 9.17) is 9.47 Å². The first kappa shape index (κ1) is 19.7. The van der Waals surface area contributed by atoms with E-state index in [-0.39, 0.29) is 17.7 Å². The Balaban J connectivity index is 1.85. The fraction of sp³-hybridized carbons (Fsp3) is 0.364. The number of fused-ring (bicyclic) bond motifs is 1. The minimum absolute atomic E-state index is 0.0990. The first-order chi connectivity index (χ1) is 13.4. The van der Waals surface area contributed by atoms with Gasteiger partial charge in [0.1, 0.15) is 17.5 Å². The summed E-state index contributed by atoms with van der Waals surface area (Å²) in [5.41, 5.74) is 2.17. The first-order valence-corrected chi connectivity index (χ1v) is 9.36. The highest BCUT2D eigenvalue weighted by Crippen LogP contribution is 2.31. The Labute approximate surface area is 165 Å². The summed E-state index contributed by atoms with van der Waals surface area (Å²) in [6.45, 7) is 4.53. The molecule has 0 fully saturated rings. The number of benzene rings is 2. The van der Waals surface area contributed by atoms with Gasteiger partial charge in [0.25, 0.3) is 5.91 Å². The van der Waals surface area contributed by atoms with Crippen LogP contribution in [-0.4, -0.2) is 37.0 Å². The maximum atomic E-state index is 13.2. The average molecular weight is 382 g/mol. The molecule has 3 rings (SSSR count). The standard InChI is InChI=1S/C22H26N2O4/c1-14(2)11-19(24-13-15-7-5-6-8-17(15)22(24)26)21(25)23-18-10-9-16(27-3)12-20(18)28-4/h5-10,12,14,19H,11,13H2,1-4H3,(H,23,25). The molecule has 0 aliphatic carbocycles. The van der Waals surface area contributed by atoms with Gasteiger partial charge in [-0.05, 0) is 36.1 Å². The number of anilines is 1. The van der Waals surface area contributed by atoms with Crippen molar-refractivity contribution in [3.8, 4) is 11.5 Å². The Kier molecular flexibility index (Phi) is 5.87. The van der Waals surface area contributed by atoms with Crippen molar-refractivity contribution in [2.24, 2.45) is 5.92 Å². The molecule has 0 spiro atoms. The Morgan fingerprint density at radius 2 is 1.89 bits per heavy atom. The van der Waals surface area contributed by atoms with Crippen molar-refractivity contribution >= 4 is 17.5 Å². The normalized spacial score (nSPS) is 14.0. The summed E-state index contributed by atoms with van der Waals surface area (Å²) < 4.78 is 10.6. The zero-order valence-corrected chi connectivity index (χ0v) is 16.7. The third-order valence-electron chi connectivity index (χ3n) is 4.89. The van der Waals surface area contributed by atoms with E-state index in [1.807, 2.05) is 38.1 Å². The van der Waals surface area contributed by atoms with Crippen molar-refractivity contribution in [3.05, 3.63) is 53.6 Å². The third-order valence-corrected chi connectivity index (χ3v) is 4.89. The molecule has 0 saturated carbocycles. The van der Waals surface area contributed by atoms with Crippen LogP contribution in [0.2, 0.25) is 0 Å². The van der Waals surface area contributed by atoms with Crippen LogP contribution in [0, 0.1) is 5.92 Å². The van der Waals surface area contributed by atoms with Crippen LogP contribution in [0.4, 0.5) is 5.69 Å². The zero-order valence-electron chi connectivity index (χ0n) is 16.7. The number of hydrogen-bond donors (Lipinski definition) is 1. The molecule has 2 aromatic carbocycles. The van der Waals surface area contributed by atoms with Crippen molar-refractivity contribution in [3.63, 3.8) is 0 Å². The van der Waals surface area contributed by atoms with Crippen LogP contribution in [0.3, 0.4) is 0 Å². The smallest absolute Gasteiger partial charge is 0.255 e. The molecule has 2 amide bonds. The molecule has 1 heterocycles. The van der Waals surface area contributed by atoms with Crippen molar-refractivity contribution < 1.29 is 19.1 Å². The summed E-state index contributed by atoms with van der Waals surface area (Å²) >= 11 is 0. The SMILES string of the molecule is COc1ccc(NC(=O)C(CC(C)C)N2Cc3ccccc3C2=O)c(OC)c1. The van der Waals surface area contributed by atoms with Crippen molar-refractivity contribution in [1.29, 1.82) is 0 Å². The molecule has 6 heteroatoms. The van der Waals surface area contributed by atoms with Gasteiger partial charge in [-0.3, -0.25) is 9.59 Å². The van der Waals surface area contributed by atoms with Gasteiger partial charge in [0, 0.05) is 18.2 Å². The lowest BCUT2D eigenvalue weighted by Gasteiger charge is -2.28. The summed E-state index contributed by atoms with van der Waals surface area (Å²) in [7, 11) is 3.11. The van der Waals surface area contributed by atoms with Crippen molar-refractivity contribution in [2.75, 3.05) is 19.5 Å². The molecule has 148 valence electrons. The van der Waals surface area contributed by atoms with Crippen molar-refractivity contribution in [1.82, 2.24) is 4.90 Å². The van der Waals surface area contributed by atoms with Crippen LogP contribution in [0.15, 0.2) is 42.5 Å². The molecule has 0 aromatic heterocycles. The Bertz CT molecular complexity index is 879. The molecule has 1 aliphatic rings. The summed E-state index contributed by atoms with van der Waals surface area (Å²) in [6.07, 6.45) is 0.573. The molecular formula is C22H26N2O4.